The maximum atomic E-state index is 12.3. The van der Waals surface area contributed by atoms with E-state index in [9.17, 15) is 9.59 Å². The lowest BCUT2D eigenvalue weighted by molar-refractivity contribution is -0.117. The number of carbonyl (C=O) groups is 2. The van der Waals surface area contributed by atoms with Crippen molar-refractivity contribution in [2.24, 2.45) is 0 Å². The van der Waals surface area contributed by atoms with E-state index < -0.39 is 0 Å². The Morgan fingerprint density at radius 2 is 2.00 bits per heavy atom. The van der Waals surface area contributed by atoms with Gasteiger partial charge in [-0.05, 0) is 50.1 Å². The Labute approximate surface area is 161 Å². The van der Waals surface area contributed by atoms with Crippen LogP contribution < -0.4 is 15.5 Å². The van der Waals surface area contributed by atoms with Crippen molar-refractivity contribution in [3.63, 3.8) is 0 Å². The van der Waals surface area contributed by atoms with Crippen LogP contribution in [-0.2, 0) is 9.53 Å². The Bertz CT molecular complexity index is 673. The van der Waals surface area contributed by atoms with E-state index in [1.54, 1.807) is 4.90 Å². The minimum Gasteiger partial charge on any atom is -0.379 e. The van der Waals surface area contributed by atoms with Crippen LogP contribution >= 0.6 is 0 Å². The third-order valence-corrected chi connectivity index (χ3v) is 5.30. The molecule has 7 heteroatoms. The Morgan fingerprint density at radius 1 is 1.22 bits per heavy atom. The molecule has 0 spiro atoms. The van der Waals surface area contributed by atoms with Crippen LogP contribution in [-0.4, -0.2) is 68.8 Å². The summed E-state index contributed by atoms with van der Waals surface area (Å²) >= 11 is 0. The van der Waals surface area contributed by atoms with Crippen molar-refractivity contribution in [3.8, 4) is 0 Å². The molecular formula is C20H30N4O3. The summed E-state index contributed by atoms with van der Waals surface area (Å²) < 4.78 is 5.33. The molecule has 2 heterocycles. The zero-order valence-corrected chi connectivity index (χ0v) is 16.3. The second kappa shape index (κ2) is 9.19. The molecule has 2 fully saturated rings. The fraction of sp³-hybridized carbons (Fsp3) is 0.600. The first kappa shape index (κ1) is 19.6. The summed E-state index contributed by atoms with van der Waals surface area (Å²) in [7, 11) is 0. The summed E-state index contributed by atoms with van der Waals surface area (Å²) in [5.74, 6) is 0.0517. The summed E-state index contributed by atoms with van der Waals surface area (Å²) in [4.78, 5) is 28.6. The Kier molecular flexibility index (Phi) is 6.68. The molecule has 148 valence electrons. The van der Waals surface area contributed by atoms with Crippen molar-refractivity contribution in [2.45, 2.75) is 32.7 Å². The second-order valence-corrected chi connectivity index (χ2v) is 7.38. The maximum absolute atomic E-state index is 12.3. The zero-order valence-electron chi connectivity index (χ0n) is 16.3. The number of nitrogens with one attached hydrogen (secondary N) is 2. The van der Waals surface area contributed by atoms with E-state index >= 15 is 0 Å². The molecule has 7 nitrogen and oxygen atoms in total. The lowest BCUT2D eigenvalue weighted by Gasteiger charge is -2.26. The van der Waals surface area contributed by atoms with Crippen LogP contribution in [0.15, 0.2) is 18.2 Å². The first-order valence-electron chi connectivity index (χ1n) is 9.75. The van der Waals surface area contributed by atoms with Crippen LogP contribution in [0.3, 0.4) is 0 Å². The molecule has 0 saturated carbocycles. The van der Waals surface area contributed by atoms with Crippen molar-refractivity contribution < 1.29 is 14.3 Å². The molecule has 1 unspecified atom stereocenters. The predicted molar refractivity (Wildman–Crippen MR) is 105 cm³/mol. The van der Waals surface area contributed by atoms with E-state index in [0.29, 0.717) is 19.5 Å². The van der Waals surface area contributed by atoms with Crippen molar-refractivity contribution in [3.05, 3.63) is 29.3 Å². The number of rotatable bonds is 6. The summed E-state index contributed by atoms with van der Waals surface area (Å²) in [6, 6.07) is 5.67. The number of aryl methyl sites for hydroxylation is 2. The average molecular weight is 374 g/mol. The number of hydrogen-bond donors (Lipinski definition) is 2. The zero-order chi connectivity index (χ0) is 19.2. The van der Waals surface area contributed by atoms with Gasteiger partial charge in [0.05, 0.1) is 19.3 Å². The van der Waals surface area contributed by atoms with Crippen molar-refractivity contribution in [2.75, 3.05) is 50.8 Å². The van der Waals surface area contributed by atoms with Crippen LogP contribution in [0.2, 0.25) is 0 Å². The van der Waals surface area contributed by atoms with Crippen molar-refractivity contribution in [1.29, 1.82) is 0 Å². The van der Waals surface area contributed by atoms with Crippen LogP contribution in [0.5, 0.6) is 0 Å². The third-order valence-electron chi connectivity index (χ3n) is 5.30. The number of nitrogens with zero attached hydrogens (tertiary/aromatic N) is 2. The van der Waals surface area contributed by atoms with Gasteiger partial charge in [0.2, 0.25) is 5.91 Å². The molecule has 2 saturated heterocycles. The smallest absolute Gasteiger partial charge is 0.315 e. The van der Waals surface area contributed by atoms with Gasteiger partial charge in [-0.25, -0.2) is 4.79 Å². The summed E-state index contributed by atoms with van der Waals surface area (Å²) in [5, 5.41) is 5.82. The lowest BCUT2D eigenvalue weighted by atomic mass is 10.1. The highest BCUT2D eigenvalue weighted by Crippen LogP contribution is 2.24. The molecule has 1 aromatic rings. The van der Waals surface area contributed by atoms with E-state index in [-0.39, 0.29) is 18.0 Å². The molecule has 27 heavy (non-hydrogen) atoms. The monoisotopic (exact) mass is 374 g/mol. The van der Waals surface area contributed by atoms with Gasteiger partial charge in [0.25, 0.3) is 0 Å². The van der Waals surface area contributed by atoms with Crippen LogP contribution in [0.25, 0.3) is 0 Å². The van der Waals surface area contributed by atoms with E-state index in [1.165, 1.54) is 5.56 Å². The fourth-order valence-corrected chi connectivity index (χ4v) is 3.51. The predicted octanol–water partition coefficient (Wildman–Crippen LogP) is 1.43. The lowest BCUT2D eigenvalue weighted by Crippen LogP contribution is -2.44. The van der Waals surface area contributed by atoms with Gasteiger partial charge in [-0.3, -0.25) is 9.69 Å². The normalized spacial score (nSPS) is 20.7. The number of anilines is 1. The highest BCUT2D eigenvalue weighted by atomic mass is 16.5. The van der Waals surface area contributed by atoms with E-state index in [0.717, 1.165) is 50.5 Å². The molecular weight excluding hydrogens is 344 g/mol. The van der Waals surface area contributed by atoms with E-state index in [4.69, 9.17) is 4.74 Å². The van der Waals surface area contributed by atoms with E-state index in [2.05, 4.69) is 22.5 Å². The Morgan fingerprint density at radius 3 is 2.74 bits per heavy atom. The van der Waals surface area contributed by atoms with E-state index in [1.807, 2.05) is 25.1 Å². The van der Waals surface area contributed by atoms with Gasteiger partial charge in [0.15, 0.2) is 0 Å². The number of carbonyl (C=O) groups excluding carboxylic acids is 2. The topological polar surface area (TPSA) is 73.9 Å². The summed E-state index contributed by atoms with van der Waals surface area (Å²) in [5.41, 5.74) is 3.27. The number of urea groups is 1. The largest absolute Gasteiger partial charge is 0.379 e. The molecule has 0 bridgehead atoms. The molecule has 3 amide bonds. The standard InChI is InChI=1S/C20H30N4O3/c1-15-4-5-18(12-16(15)2)24-14-17(13-19(24)25)22-20(26)21-6-3-7-23-8-10-27-11-9-23/h4-5,12,17H,3,6-11,13-14H2,1-2H3,(H2,21,22,26). The summed E-state index contributed by atoms with van der Waals surface area (Å²) in [6.07, 6.45) is 1.25. The van der Waals surface area contributed by atoms with Gasteiger partial charge in [-0.15, -0.1) is 0 Å². The van der Waals surface area contributed by atoms with Crippen molar-refractivity contribution >= 4 is 17.6 Å². The highest BCUT2D eigenvalue weighted by Gasteiger charge is 2.31. The van der Waals surface area contributed by atoms with Gasteiger partial charge in [-0.1, -0.05) is 6.07 Å². The van der Waals surface area contributed by atoms with Gasteiger partial charge in [0.1, 0.15) is 0 Å². The molecule has 2 aliphatic rings. The highest BCUT2D eigenvalue weighted by molar-refractivity contribution is 5.96. The quantitative estimate of drug-likeness (QED) is 0.739. The number of ether oxygens (including phenoxy) is 1. The van der Waals surface area contributed by atoms with Crippen molar-refractivity contribution in [1.82, 2.24) is 15.5 Å². The molecule has 1 atom stereocenters. The number of amides is 3. The van der Waals surface area contributed by atoms with Gasteiger partial charge in [0, 0.05) is 38.3 Å². The fourth-order valence-electron chi connectivity index (χ4n) is 3.51. The molecule has 2 aliphatic heterocycles. The van der Waals surface area contributed by atoms with Crippen LogP contribution in [0.4, 0.5) is 10.5 Å². The Balaban J connectivity index is 1.39. The SMILES string of the molecule is Cc1ccc(N2CC(NC(=O)NCCCN3CCOCC3)CC2=O)cc1C. The molecule has 3 rings (SSSR count). The number of morpholine rings is 1. The molecule has 1 aromatic carbocycles. The first-order chi connectivity index (χ1) is 13.0. The van der Waals surface area contributed by atoms with Crippen LogP contribution in [0, 0.1) is 13.8 Å². The van der Waals surface area contributed by atoms with Gasteiger partial charge in [-0.2, -0.15) is 0 Å². The summed E-state index contributed by atoms with van der Waals surface area (Å²) in [6.45, 7) is 9.72. The first-order valence-corrected chi connectivity index (χ1v) is 9.75. The second-order valence-electron chi connectivity index (χ2n) is 7.38. The maximum Gasteiger partial charge on any atom is 0.315 e. The molecule has 0 aromatic heterocycles. The number of benzene rings is 1. The third kappa shape index (κ3) is 5.43. The average Bonchev–Trinajstić information content (AvgIpc) is 3.02. The Hall–Kier alpha value is -2.12. The van der Waals surface area contributed by atoms with Gasteiger partial charge < -0.3 is 20.3 Å². The minimum atomic E-state index is -0.197. The number of hydrogen-bond acceptors (Lipinski definition) is 4. The molecule has 2 N–H and O–H groups in total. The van der Waals surface area contributed by atoms with Crippen LogP contribution in [0.1, 0.15) is 24.0 Å². The molecule has 0 aliphatic carbocycles. The van der Waals surface area contributed by atoms with Gasteiger partial charge >= 0.3 is 6.03 Å². The molecule has 0 radical (unpaired) electrons. The minimum absolute atomic E-state index is 0.0517.